The summed E-state index contributed by atoms with van der Waals surface area (Å²) in [7, 11) is 0. The minimum Gasteiger partial charge on any atom is -0.302 e. The molecule has 1 aliphatic carbocycles. The van der Waals surface area contributed by atoms with E-state index in [1.54, 1.807) is 12.1 Å². The van der Waals surface area contributed by atoms with Crippen molar-refractivity contribution in [3.63, 3.8) is 0 Å². The molecule has 2 aromatic rings. The molecule has 25 heavy (non-hydrogen) atoms. The smallest absolute Gasteiger partial charge is 0.226 e. The van der Waals surface area contributed by atoms with Gasteiger partial charge in [0.15, 0.2) is 5.13 Å². The summed E-state index contributed by atoms with van der Waals surface area (Å²) in [6.07, 6.45) is 7.14. The third kappa shape index (κ3) is 5.61. The molecule has 0 unspecified atom stereocenters. The highest BCUT2D eigenvalue weighted by Crippen LogP contribution is 2.32. The number of hydrogen-bond donors (Lipinski definition) is 1. The Morgan fingerprint density at radius 1 is 1.28 bits per heavy atom. The molecule has 1 fully saturated rings. The van der Waals surface area contributed by atoms with Crippen LogP contribution in [0.15, 0.2) is 23.6 Å². The molecule has 0 atom stereocenters. The lowest BCUT2D eigenvalue weighted by molar-refractivity contribution is -0.115. The fourth-order valence-corrected chi connectivity index (χ4v) is 5.42. The highest BCUT2D eigenvalue weighted by molar-refractivity contribution is 7.99. The third-order valence-electron chi connectivity index (χ3n) is 4.19. The lowest BCUT2D eigenvalue weighted by atomic mass is 10.0. The number of anilines is 1. The van der Waals surface area contributed by atoms with E-state index in [0.29, 0.717) is 21.6 Å². The zero-order valence-corrected chi connectivity index (χ0v) is 16.9. The van der Waals surface area contributed by atoms with E-state index < -0.39 is 0 Å². The Morgan fingerprint density at radius 3 is 2.84 bits per heavy atom. The highest BCUT2D eigenvalue weighted by atomic mass is 35.5. The summed E-state index contributed by atoms with van der Waals surface area (Å²) in [5.74, 6) is 0.893. The Balaban J connectivity index is 1.49. The maximum Gasteiger partial charge on any atom is 0.226 e. The van der Waals surface area contributed by atoms with Crippen molar-refractivity contribution in [1.29, 1.82) is 0 Å². The average Bonchev–Trinajstić information content (AvgIpc) is 3.04. The molecule has 7 heteroatoms. The summed E-state index contributed by atoms with van der Waals surface area (Å²) in [6, 6.07) is 5.31. The van der Waals surface area contributed by atoms with Crippen molar-refractivity contribution in [3.8, 4) is 11.3 Å². The standard InChI is InChI=1S/C18H20Cl2N2OS2/c19-12-6-7-14(15(20)10-12)16-11-25-18(21-16)22-17(23)8-9-24-13-4-2-1-3-5-13/h6-7,10-11,13H,1-5,8-9H2,(H,21,22,23). The fraction of sp³-hybridized carbons (Fsp3) is 0.444. The van der Waals surface area contributed by atoms with E-state index >= 15 is 0 Å². The van der Waals surface area contributed by atoms with Gasteiger partial charge in [0.05, 0.1) is 10.7 Å². The van der Waals surface area contributed by atoms with Gasteiger partial charge in [0, 0.05) is 33.4 Å². The molecule has 0 bridgehead atoms. The molecule has 134 valence electrons. The summed E-state index contributed by atoms with van der Waals surface area (Å²) in [5, 5.41) is 7.26. The van der Waals surface area contributed by atoms with E-state index in [1.807, 2.05) is 23.2 Å². The van der Waals surface area contributed by atoms with Gasteiger partial charge in [-0.2, -0.15) is 11.8 Å². The van der Waals surface area contributed by atoms with Gasteiger partial charge in [-0.05, 0) is 31.0 Å². The number of nitrogens with zero attached hydrogens (tertiary/aromatic N) is 1. The van der Waals surface area contributed by atoms with Crippen molar-refractivity contribution in [2.45, 2.75) is 43.8 Å². The number of aromatic nitrogens is 1. The minimum absolute atomic E-state index is 0.0198. The van der Waals surface area contributed by atoms with Gasteiger partial charge < -0.3 is 5.32 Å². The van der Waals surface area contributed by atoms with Crippen LogP contribution in [0.2, 0.25) is 10.0 Å². The van der Waals surface area contributed by atoms with Gasteiger partial charge >= 0.3 is 0 Å². The van der Waals surface area contributed by atoms with Crippen molar-refractivity contribution >= 4 is 57.3 Å². The van der Waals surface area contributed by atoms with Crippen LogP contribution >= 0.6 is 46.3 Å². The quantitative estimate of drug-likeness (QED) is 0.585. The fourth-order valence-electron chi connectivity index (χ4n) is 2.88. The molecule has 1 aromatic carbocycles. The number of nitrogens with one attached hydrogen (secondary N) is 1. The molecule has 3 nitrogen and oxygen atoms in total. The van der Waals surface area contributed by atoms with Gasteiger partial charge in [-0.25, -0.2) is 4.98 Å². The zero-order valence-electron chi connectivity index (χ0n) is 13.8. The Hall–Kier alpha value is -0.750. The number of thiazole rings is 1. The van der Waals surface area contributed by atoms with Gasteiger partial charge in [0.2, 0.25) is 5.91 Å². The molecule has 1 aromatic heterocycles. The first-order chi connectivity index (χ1) is 12.1. The molecule has 1 N–H and O–H groups in total. The normalized spacial score (nSPS) is 15.3. The van der Waals surface area contributed by atoms with E-state index in [9.17, 15) is 4.79 Å². The molecular formula is C18H20Cl2N2OS2. The van der Waals surface area contributed by atoms with Gasteiger partial charge in [-0.15, -0.1) is 11.3 Å². The summed E-state index contributed by atoms with van der Waals surface area (Å²) in [4.78, 5) is 16.6. The zero-order chi connectivity index (χ0) is 17.6. The van der Waals surface area contributed by atoms with Crippen molar-refractivity contribution in [1.82, 2.24) is 4.98 Å². The molecule has 1 saturated carbocycles. The Bertz CT molecular complexity index is 730. The molecular weight excluding hydrogens is 395 g/mol. The van der Waals surface area contributed by atoms with Crippen LogP contribution in [-0.4, -0.2) is 21.9 Å². The number of carbonyl (C=O) groups excluding carboxylic acids is 1. The first-order valence-corrected chi connectivity index (χ1v) is 11.1. The summed E-state index contributed by atoms with van der Waals surface area (Å²) in [5.41, 5.74) is 1.56. The Kier molecular flexibility index (Phi) is 7.05. The van der Waals surface area contributed by atoms with Crippen LogP contribution in [0.25, 0.3) is 11.3 Å². The molecule has 0 spiro atoms. The molecule has 0 aliphatic heterocycles. The average molecular weight is 415 g/mol. The van der Waals surface area contributed by atoms with Gasteiger partial charge in [-0.3, -0.25) is 4.79 Å². The van der Waals surface area contributed by atoms with Crippen LogP contribution in [0.1, 0.15) is 38.5 Å². The SMILES string of the molecule is O=C(CCSC1CCCCC1)Nc1nc(-c2ccc(Cl)cc2Cl)cs1. The van der Waals surface area contributed by atoms with E-state index in [1.165, 1.54) is 43.4 Å². The molecule has 1 amide bonds. The maximum atomic E-state index is 12.1. The first-order valence-electron chi connectivity index (χ1n) is 8.44. The summed E-state index contributed by atoms with van der Waals surface area (Å²) >= 11 is 15.5. The second-order valence-electron chi connectivity index (χ2n) is 6.09. The van der Waals surface area contributed by atoms with E-state index in [2.05, 4.69) is 10.3 Å². The Labute approximate surface area is 166 Å². The molecule has 1 heterocycles. The number of hydrogen-bond acceptors (Lipinski definition) is 4. The van der Waals surface area contributed by atoms with Gasteiger partial charge in [0.25, 0.3) is 0 Å². The lowest BCUT2D eigenvalue weighted by Gasteiger charge is -2.20. The van der Waals surface area contributed by atoms with E-state index in [-0.39, 0.29) is 5.91 Å². The number of benzene rings is 1. The van der Waals surface area contributed by atoms with Gasteiger partial charge in [0.1, 0.15) is 0 Å². The summed E-state index contributed by atoms with van der Waals surface area (Å²) in [6.45, 7) is 0. The van der Waals surface area contributed by atoms with Crippen molar-refractivity contribution in [3.05, 3.63) is 33.6 Å². The number of carbonyl (C=O) groups is 1. The maximum absolute atomic E-state index is 12.1. The second-order valence-corrected chi connectivity index (χ2v) is 9.20. The monoisotopic (exact) mass is 414 g/mol. The number of rotatable bonds is 6. The van der Waals surface area contributed by atoms with Crippen molar-refractivity contribution in [2.75, 3.05) is 11.1 Å². The van der Waals surface area contributed by atoms with E-state index in [0.717, 1.165) is 22.3 Å². The second kappa shape index (κ2) is 9.26. The largest absolute Gasteiger partial charge is 0.302 e. The van der Waals surface area contributed by atoms with Crippen LogP contribution in [-0.2, 0) is 4.79 Å². The van der Waals surface area contributed by atoms with E-state index in [4.69, 9.17) is 23.2 Å². The molecule has 3 rings (SSSR count). The molecule has 0 radical (unpaired) electrons. The minimum atomic E-state index is 0.0198. The predicted octanol–water partition coefficient (Wildman–Crippen LogP) is 6.51. The Morgan fingerprint density at radius 2 is 2.08 bits per heavy atom. The molecule has 1 aliphatic rings. The predicted molar refractivity (Wildman–Crippen MR) is 110 cm³/mol. The van der Waals surface area contributed by atoms with Crippen LogP contribution in [0.4, 0.5) is 5.13 Å². The van der Waals surface area contributed by atoms with Gasteiger partial charge in [-0.1, -0.05) is 42.5 Å². The molecule has 0 saturated heterocycles. The third-order valence-corrected chi connectivity index (χ3v) is 6.88. The van der Waals surface area contributed by atoms with Crippen LogP contribution in [0, 0.1) is 0 Å². The highest BCUT2D eigenvalue weighted by Gasteiger charge is 2.15. The van der Waals surface area contributed by atoms with Crippen molar-refractivity contribution < 1.29 is 4.79 Å². The van der Waals surface area contributed by atoms with Crippen molar-refractivity contribution in [2.24, 2.45) is 0 Å². The summed E-state index contributed by atoms with van der Waals surface area (Å²) < 4.78 is 0. The number of halogens is 2. The van der Waals surface area contributed by atoms with Crippen LogP contribution in [0.5, 0.6) is 0 Å². The first kappa shape index (κ1) is 19.0. The van der Waals surface area contributed by atoms with Crippen LogP contribution in [0.3, 0.4) is 0 Å². The number of thioether (sulfide) groups is 1. The van der Waals surface area contributed by atoms with Crippen LogP contribution < -0.4 is 5.32 Å². The number of amides is 1. The topological polar surface area (TPSA) is 42.0 Å². The lowest BCUT2D eigenvalue weighted by Crippen LogP contribution is -2.14.